The molecule has 3 rings (SSSR count). The molecule has 3 aliphatic rings. The lowest BCUT2D eigenvalue weighted by Crippen LogP contribution is -2.52. The maximum absolute atomic E-state index is 12.6. The second-order valence-electron chi connectivity index (χ2n) is 6.29. The van der Waals surface area contributed by atoms with Crippen molar-refractivity contribution in [3.05, 3.63) is 0 Å². The van der Waals surface area contributed by atoms with Crippen LogP contribution < -0.4 is 0 Å². The number of carbonyl (C=O) groups is 2. The van der Waals surface area contributed by atoms with Gasteiger partial charge in [0.25, 0.3) is 0 Å². The highest BCUT2D eigenvalue weighted by Gasteiger charge is 2.44. The van der Waals surface area contributed by atoms with Gasteiger partial charge in [0.15, 0.2) is 0 Å². The highest BCUT2D eigenvalue weighted by Crippen LogP contribution is 2.48. The van der Waals surface area contributed by atoms with Crippen molar-refractivity contribution < 1.29 is 14.3 Å². The Labute approximate surface area is 120 Å². The first-order valence-electron chi connectivity index (χ1n) is 7.89. The Balaban J connectivity index is 1.51. The summed E-state index contributed by atoms with van der Waals surface area (Å²) in [6.07, 6.45) is 4.68. The average Bonchev–Trinajstić information content (AvgIpc) is 3.09. The Morgan fingerprint density at radius 2 is 1.75 bits per heavy atom. The molecular weight excluding hydrogens is 256 g/mol. The fourth-order valence-corrected chi connectivity index (χ4v) is 4.11. The van der Waals surface area contributed by atoms with Gasteiger partial charge in [-0.05, 0) is 38.0 Å². The molecule has 3 unspecified atom stereocenters. The molecule has 5 heteroatoms. The molecule has 112 valence electrons. The van der Waals surface area contributed by atoms with E-state index in [0.717, 1.165) is 12.3 Å². The van der Waals surface area contributed by atoms with Gasteiger partial charge in [-0.2, -0.15) is 0 Å². The molecule has 0 aromatic carbocycles. The van der Waals surface area contributed by atoms with Gasteiger partial charge in [0, 0.05) is 32.1 Å². The largest absolute Gasteiger partial charge is 0.450 e. The number of ether oxygens (including phenoxy) is 1. The van der Waals surface area contributed by atoms with Crippen LogP contribution in [0.2, 0.25) is 0 Å². The number of piperazine rings is 1. The Kier molecular flexibility index (Phi) is 3.85. The molecule has 1 aliphatic heterocycles. The first-order chi connectivity index (χ1) is 9.69. The van der Waals surface area contributed by atoms with Crippen molar-refractivity contribution in [2.75, 3.05) is 32.8 Å². The third-order valence-electron chi connectivity index (χ3n) is 5.17. The SMILES string of the molecule is CCOC(=O)N1CCN(C(=O)C2CC3CCC2C3)CC1. The van der Waals surface area contributed by atoms with Crippen LogP contribution in [0.1, 0.15) is 32.6 Å². The highest BCUT2D eigenvalue weighted by atomic mass is 16.6. The van der Waals surface area contributed by atoms with Gasteiger partial charge in [0.05, 0.1) is 6.61 Å². The molecule has 1 saturated heterocycles. The maximum atomic E-state index is 12.6. The summed E-state index contributed by atoms with van der Waals surface area (Å²) in [6, 6.07) is 0. The smallest absolute Gasteiger partial charge is 0.409 e. The quantitative estimate of drug-likeness (QED) is 0.774. The lowest BCUT2D eigenvalue weighted by Gasteiger charge is -2.36. The summed E-state index contributed by atoms with van der Waals surface area (Å²) in [4.78, 5) is 27.9. The molecule has 2 amide bonds. The Bertz CT molecular complexity index is 391. The first kappa shape index (κ1) is 13.7. The van der Waals surface area contributed by atoms with Crippen molar-refractivity contribution in [1.82, 2.24) is 9.80 Å². The zero-order chi connectivity index (χ0) is 14.1. The summed E-state index contributed by atoms with van der Waals surface area (Å²) < 4.78 is 5.00. The fourth-order valence-electron chi connectivity index (χ4n) is 4.11. The lowest BCUT2D eigenvalue weighted by molar-refractivity contribution is -0.138. The van der Waals surface area contributed by atoms with Crippen molar-refractivity contribution in [2.45, 2.75) is 32.6 Å². The van der Waals surface area contributed by atoms with Crippen LogP contribution in [0.15, 0.2) is 0 Å². The van der Waals surface area contributed by atoms with E-state index in [1.807, 2.05) is 11.8 Å². The normalized spacial score (nSPS) is 32.5. The topological polar surface area (TPSA) is 49.9 Å². The molecule has 0 aromatic heterocycles. The molecule has 20 heavy (non-hydrogen) atoms. The van der Waals surface area contributed by atoms with E-state index in [-0.39, 0.29) is 12.0 Å². The van der Waals surface area contributed by atoms with E-state index in [1.165, 1.54) is 19.3 Å². The Morgan fingerprint density at radius 1 is 1.05 bits per heavy atom. The van der Waals surface area contributed by atoms with Crippen LogP contribution >= 0.6 is 0 Å². The predicted octanol–water partition coefficient (Wildman–Crippen LogP) is 1.72. The lowest BCUT2D eigenvalue weighted by atomic mass is 9.87. The van der Waals surface area contributed by atoms with Gasteiger partial charge in [-0.1, -0.05) is 6.42 Å². The molecule has 2 bridgehead atoms. The van der Waals surface area contributed by atoms with E-state index in [2.05, 4.69) is 0 Å². The molecule has 0 aromatic rings. The number of hydrogen-bond acceptors (Lipinski definition) is 3. The molecule has 1 heterocycles. The van der Waals surface area contributed by atoms with E-state index in [4.69, 9.17) is 4.74 Å². The summed E-state index contributed by atoms with van der Waals surface area (Å²) >= 11 is 0. The van der Waals surface area contributed by atoms with Crippen molar-refractivity contribution in [3.63, 3.8) is 0 Å². The molecule has 5 nitrogen and oxygen atoms in total. The second-order valence-corrected chi connectivity index (χ2v) is 6.29. The zero-order valence-corrected chi connectivity index (χ0v) is 12.2. The number of hydrogen-bond donors (Lipinski definition) is 0. The molecular formula is C15H24N2O3. The van der Waals surface area contributed by atoms with E-state index in [1.54, 1.807) is 4.90 Å². The van der Waals surface area contributed by atoms with E-state index >= 15 is 0 Å². The third kappa shape index (κ3) is 2.50. The second kappa shape index (κ2) is 5.62. The van der Waals surface area contributed by atoms with Gasteiger partial charge >= 0.3 is 6.09 Å². The minimum atomic E-state index is -0.250. The molecule has 0 N–H and O–H groups in total. The molecule has 3 atom stereocenters. The van der Waals surface area contributed by atoms with Gasteiger partial charge < -0.3 is 14.5 Å². The van der Waals surface area contributed by atoms with E-state index < -0.39 is 0 Å². The fraction of sp³-hybridized carbons (Fsp3) is 0.867. The number of amides is 2. The summed E-state index contributed by atoms with van der Waals surface area (Å²) in [7, 11) is 0. The van der Waals surface area contributed by atoms with Crippen LogP contribution in [0, 0.1) is 17.8 Å². The predicted molar refractivity (Wildman–Crippen MR) is 74.1 cm³/mol. The minimum Gasteiger partial charge on any atom is -0.450 e. The van der Waals surface area contributed by atoms with Crippen molar-refractivity contribution in [3.8, 4) is 0 Å². The Morgan fingerprint density at radius 3 is 2.30 bits per heavy atom. The minimum absolute atomic E-state index is 0.250. The highest BCUT2D eigenvalue weighted by molar-refractivity contribution is 5.80. The maximum Gasteiger partial charge on any atom is 0.409 e. The van der Waals surface area contributed by atoms with Crippen molar-refractivity contribution >= 4 is 12.0 Å². The average molecular weight is 280 g/mol. The van der Waals surface area contributed by atoms with Gasteiger partial charge in [-0.15, -0.1) is 0 Å². The van der Waals surface area contributed by atoms with Gasteiger partial charge in [0.1, 0.15) is 0 Å². The molecule has 0 spiro atoms. The van der Waals surface area contributed by atoms with Gasteiger partial charge in [0.2, 0.25) is 5.91 Å². The molecule has 2 saturated carbocycles. The Hall–Kier alpha value is -1.26. The number of rotatable bonds is 2. The van der Waals surface area contributed by atoms with Crippen LogP contribution in [0.3, 0.4) is 0 Å². The number of carbonyl (C=O) groups excluding carboxylic acids is 2. The molecule has 0 radical (unpaired) electrons. The van der Waals surface area contributed by atoms with E-state index in [9.17, 15) is 9.59 Å². The van der Waals surface area contributed by atoms with Crippen LogP contribution in [0.5, 0.6) is 0 Å². The summed E-state index contributed by atoms with van der Waals surface area (Å²) in [5.41, 5.74) is 0. The summed E-state index contributed by atoms with van der Waals surface area (Å²) in [5, 5.41) is 0. The first-order valence-corrected chi connectivity index (χ1v) is 7.89. The monoisotopic (exact) mass is 280 g/mol. The standard InChI is InChI=1S/C15H24N2O3/c1-2-20-15(19)17-7-5-16(6-8-17)14(18)13-10-11-3-4-12(13)9-11/h11-13H,2-10H2,1H3. The van der Waals surface area contributed by atoms with Crippen LogP contribution in [-0.2, 0) is 9.53 Å². The summed E-state index contributed by atoms with van der Waals surface area (Å²) in [6.45, 7) is 4.74. The third-order valence-corrected chi connectivity index (χ3v) is 5.17. The van der Waals surface area contributed by atoms with E-state index in [0.29, 0.717) is 44.6 Å². The van der Waals surface area contributed by atoms with Gasteiger partial charge in [-0.25, -0.2) is 4.79 Å². The van der Waals surface area contributed by atoms with Crippen LogP contribution in [0.4, 0.5) is 4.79 Å². The molecule has 2 aliphatic carbocycles. The van der Waals surface area contributed by atoms with Crippen LogP contribution in [0.25, 0.3) is 0 Å². The molecule has 3 fully saturated rings. The number of fused-ring (bicyclic) bond motifs is 2. The van der Waals surface area contributed by atoms with Crippen molar-refractivity contribution in [1.29, 1.82) is 0 Å². The zero-order valence-electron chi connectivity index (χ0n) is 12.2. The van der Waals surface area contributed by atoms with Gasteiger partial charge in [-0.3, -0.25) is 4.79 Å². The van der Waals surface area contributed by atoms with Crippen molar-refractivity contribution in [2.24, 2.45) is 17.8 Å². The van der Waals surface area contributed by atoms with Crippen LogP contribution in [-0.4, -0.2) is 54.6 Å². The number of nitrogens with zero attached hydrogens (tertiary/aromatic N) is 2. The summed E-state index contributed by atoms with van der Waals surface area (Å²) in [5.74, 6) is 2.04.